The summed E-state index contributed by atoms with van der Waals surface area (Å²) in [6, 6.07) is 0. The lowest BCUT2D eigenvalue weighted by Gasteiger charge is -1.72. The fraction of sp³-hybridized carbons (Fsp3) is 0. The van der Waals surface area contributed by atoms with Gasteiger partial charge < -0.3 is 0 Å². The Balaban J connectivity index is 2.92. The van der Waals surface area contributed by atoms with E-state index in [2.05, 4.69) is 11.9 Å². The molecule has 1 radical (unpaired) electrons. The number of thiazole rings is 1. The van der Waals surface area contributed by atoms with Gasteiger partial charge in [0.15, 0.2) is 4.96 Å². The molecule has 2 rings (SSSR count). The molecule has 0 bridgehead atoms. The van der Waals surface area contributed by atoms with Gasteiger partial charge in [-0.25, -0.2) is 4.98 Å². The Labute approximate surface area is 56.8 Å². The van der Waals surface area contributed by atoms with Crippen LogP contribution in [-0.4, -0.2) is 9.38 Å². The lowest BCUT2D eigenvalue weighted by atomic mass is 10.6. The Kier molecular flexibility index (Phi) is 0.873. The van der Waals surface area contributed by atoms with Gasteiger partial charge in [-0.3, -0.25) is 4.40 Å². The molecule has 0 N–H and O–H groups in total. The van der Waals surface area contributed by atoms with E-state index >= 15 is 0 Å². The molecule has 0 saturated heterocycles. The molecule has 0 saturated carbocycles. The Bertz CT molecular complexity index is 292. The second-order valence-electron chi connectivity index (χ2n) is 1.81. The normalized spacial score (nSPS) is 10.8. The van der Waals surface area contributed by atoms with Crippen LogP contribution in [0, 0.1) is 6.92 Å². The van der Waals surface area contributed by atoms with E-state index in [1.54, 1.807) is 17.5 Å². The summed E-state index contributed by atoms with van der Waals surface area (Å²) in [5, 5.41) is 0. The van der Waals surface area contributed by atoms with Crippen molar-refractivity contribution in [3.63, 3.8) is 0 Å². The lowest BCUT2D eigenvalue weighted by molar-refractivity contribution is 1.23. The van der Waals surface area contributed by atoms with E-state index < -0.39 is 0 Å². The van der Waals surface area contributed by atoms with Crippen molar-refractivity contribution in [3.05, 3.63) is 30.4 Å². The van der Waals surface area contributed by atoms with E-state index in [-0.39, 0.29) is 0 Å². The average Bonchev–Trinajstić information content (AvgIpc) is 2.22. The average molecular weight is 137 g/mol. The number of fused-ring (bicyclic) bond motifs is 1. The largest absolute Gasteiger partial charge is 0.297 e. The van der Waals surface area contributed by atoms with Gasteiger partial charge in [-0.1, -0.05) is 0 Å². The van der Waals surface area contributed by atoms with Crippen molar-refractivity contribution in [1.29, 1.82) is 0 Å². The molecule has 0 amide bonds. The van der Waals surface area contributed by atoms with Gasteiger partial charge in [0.25, 0.3) is 0 Å². The Morgan fingerprint density at radius 3 is 3.33 bits per heavy atom. The molecule has 2 aromatic heterocycles. The van der Waals surface area contributed by atoms with Crippen LogP contribution in [-0.2, 0) is 0 Å². The van der Waals surface area contributed by atoms with Crippen molar-refractivity contribution >= 4 is 16.3 Å². The fourth-order valence-corrected chi connectivity index (χ4v) is 1.51. The standard InChI is InChI=1S/C6H5N2S/c1-5-4-8-3-2-7-6(8)9-5/h2-4H,1H2. The van der Waals surface area contributed by atoms with Crippen LogP contribution in [0.5, 0.6) is 0 Å². The third-order valence-corrected chi connectivity index (χ3v) is 2.00. The van der Waals surface area contributed by atoms with E-state index in [9.17, 15) is 0 Å². The van der Waals surface area contributed by atoms with Crippen LogP contribution in [0.3, 0.4) is 0 Å². The number of aromatic nitrogens is 2. The Morgan fingerprint density at radius 2 is 2.56 bits per heavy atom. The van der Waals surface area contributed by atoms with E-state index in [0.29, 0.717) is 0 Å². The molecule has 0 atom stereocenters. The number of hydrogen-bond acceptors (Lipinski definition) is 2. The Morgan fingerprint density at radius 1 is 1.67 bits per heavy atom. The lowest BCUT2D eigenvalue weighted by Crippen LogP contribution is -1.67. The fourth-order valence-electron chi connectivity index (χ4n) is 0.775. The summed E-state index contributed by atoms with van der Waals surface area (Å²) in [5.74, 6) is 0. The molecular formula is C6H5N2S. The maximum absolute atomic E-state index is 4.08. The van der Waals surface area contributed by atoms with Crippen LogP contribution in [0.25, 0.3) is 4.96 Å². The van der Waals surface area contributed by atoms with Gasteiger partial charge in [-0.2, -0.15) is 0 Å². The minimum Gasteiger partial charge on any atom is -0.297 e. The van der Waals surface area contributed by atoms with Gasteiger partial charge in [0.2, 0.25) is 0 Å². The number of rotatable bonds is 0. The first-order chi connectivity index (χ1) is 4.36. The van der Waals surface area contributed by atoms with Crippen LogP contribution < -0.4 is 0 Å². The number of hydrogen-bond donors (Lipinski definition) is 0. The highest BCUT2D eigenvalue weighted by atomic mass is 32.1. The molecule has 2 heterocycles. The smallest absolute Gasteiger partial charge is 0.193 e. The molecule has 0 fully saturated rings. The predicted octanol–water partition coefficient (Wildman–Crippen LogP) is 1.58. The zero-order valence-corrected chi connectivity index (χ0v) is 5.56. The third-order valence-electron chi connectivity index (χ3n) is 1.14. The van der Waals surface area contributed by atoms with Gasteiger partial charge in [-0.15, -0.1) is 11.3 Å². The summed E-state index contributed by atoms with van der Waals surface area (Å²) in [5.41, 5.74) is 0. The van der Waals surface area contributed by atoms with E-state index in [4.69, 9.17) is 0 Å². The maximum Gasteiger partial charge on any atom is 0.193 e. The topological polar surface area (TPSA) is 17.3 Å². The maximum atomic E-state index is 4.08. The van der Waals surface area contributed by atoms with Crippen molar-refractivity contribution in [1.82, 2.24) is 9.38 Å². The van der Waals surface area contributed by atoms with E-state index in [0.717, 1.165) is 9.84 Å². The van der Waals surface area contributed by atoms with Gasteiger partial charge in [-0.05, 0) is 6.92 Å². The molecule has 0 aromatic carbocycles. The highest BCUT2D eigenvalue weighted by Crippen LogP contribution is 2.13. The van der Waals surface area contributed by atoms with Crippen molar-refractivity contribution in [2.45, 2.75) is 0 Å². The molecule has 0 aliphatic heterocycles. The summed E-state index contributed by atoms with van der Waals surface area (Å²) in [7, 11) is 0. The molecule has 2 nitrogen and oxygen atoms in total. The molecule has 9 heavy (non-hydrogen) atoms. The predicted molar refractivity (Wildman–Crippen MR) is 37.5 cm³/mol. The molecule has 45 valence electrons. The zero-order valence-electron chi connectivity index (χ0n) is 4.74. The first kappa shape index (κ1) is 4.99. The van der Waals surface area contributed by atoms with Gasteiger partial charge in [0.05, 0.1) is 0 Å². The van der Waals surface area contributed by atoms with Gasteiger partial charge >= 0.3 is 0 Å². The van der Waals surface area contributed by atoms with Gasteiger partial charge in [0, 0.05) is 23.5 Å². The van der Waals surface area contributed by atoms with E-state index in [1.165, 1.54) is 0 Å². The first-order valence-electron chi connectivity index (χ1n) is 2.61. The van der Waals surface area contributed by atoms with Crippen LogP contribution in [0.1, 0.15) is 4.88 Å². The van der Waals surface area contributed by atoms with Crippen LogP contribution in [0.15, 0.2) is 18.6 Å². The molecule has 0 aliphatic carbocycles. The monoisotopic (exact) mass is 137 g/mol. The van der Waals surface area contributed by atoms with Gasteiger partial charge in [0.1, 0.15) is 0 Å². The minimum atomic E-state index is 1.01. The number of nitrogens with zero attached hydrogens (tertiary/aromatic N) is 2. The number of imidazole rings is 1. The highest BCUT2D eigenvalue weighted by molar-refractivity contribution is 7.17. The van der Waals surface area contributed by atoms with E-state index in [1.807, 2.05) is 16.8 Å². The second-order valence-corrected chi connectivity index (χ2v) is 2.91. The summed E-state index contributed by atoms with van der Waals surface area (Å²) in [6.07, 6.45) is 5.67. The van der Waals surface area contributed by atoms with Crippen molar-refractivity contribution in [2.75, 3.05) is 0 Å². The van der Waals surface area contributed by atoms with Crippen LogP contribution in [0.2, 0.25) is 0 Å². The minimum absolute atomic E-state index is 1.01. The first-order valence-corrected chi connectivity index (χ1v) is 3.42. The summed E-state index contributed by atoms with van der Waals surface area (Å²) >= 11 is 1.60. The third kappa shape index (κ3) is 0.650. The molecule has 0 aliphatic rings. The van der Waals surface area contributed by atoms with Crippen molar-refractivity contribution in [2.24, 2.45) is 0 Å². The molecule has 2 aromatic rings. The molecule has 3 heteroatoms. The van der Waals surface area contributed by atoms with Crippen molar-refractivity contribution in [3.8, 4) is 0 Å². The molecule has 0 spiro atoms. The van der Waals surface area contributed by atoms with Crippen LogP contribution >= 0.6 is 11.3 Å². The summed E-state index contributed by atoms with van der Waals surface area (Å²) in [6.45, 7) is 3.79. The quantitative estimate of drug-likeness (QED) is 0.539. The van der Waals surface area contributed by atoms with Crippen LogP contribution in [0.4, 0.5) is 0 Å². The zero-order chi connectivity index (χ0) is 6.27. The summed E-state index contributed by atoms with van der Waals surface area (Å²) < 4.78 is 1.97. The molecular weight excluding hydrogens is 132 g/mol. The Hall–Kier alpha value is -0.830. The second kappa shape index (κ2) is 1.57. The SMILES string of the molecule is [CH2]c1cn2ccnc2s1. The highest BCUT2D eigenvalue weighted by Gasteiger charge is 1.94. The summed E-state index contributed by atoms with van der Waals surface area (Å²) in [4.78, 5) is 6.15. The molecule has 0 unspecified atom stereocenters. The van der Waals surface area contributed by atoms with Crippen molar-refractivity contribution < 1.29 is 0 Å².